The molecular formula is C30H39NOSi. The van der Waals surface area contributed by atoms with Crippen LogP contribution in [0.1, 0.15) is 88.4 Å². The maximum Gasteiger partial charge on any atom is 0.252 e. The van der Waals surface area contributed by atoms with Gasteiger partial charge in [-0.3, -0.25) is 4.79 Å². The van der Waals surface area contributed by atoms with Crippen LogP contribution in [-0.2, 0) is 0 Å². The Bertz CT molecular complexity index is 1040. The number of benzene rings is 2. The van der Waals surface area contributed by atoms with Crippen molar-refractivity contribution in [3.63, 3.8) is 0 Å². The van der Waals surface area contributed by atoms with Crippen molar-refractivity contribution in [2.24, 2.45) is 0 Å². The van der Waals surface area contributed by atoms with Gasteiger partial charge in [0, 0.05) is 23.2 Å². The van der Waals surface area contributed by atoms with Crippen molar-refractivity contribution in [3.05, 3.63) is 70.8 Å². The summed E-state index contributed by atoms with van der Waals surface area (Å²) in [5, 5.41) is 2.98. The highest BCUT2D eigenvalue weighted by molar-refractivity contribution is 6.90. The standard InChI is InChI=1S/C30H39NOSi/c1-8-9-20-31-30(32)29-16-11-10-15-28(29)18-17-26-13-12-14-27(22-26)19-21-33(23(2)3,24(4)5)25(6)7/h10-16,22-25H,8-9,20H2,1-7H3,(H,31,32). The van der Waals surface area contributed by atoms with E-state index in [1.54, 1.807) is 0 Å². The average Bonchev–Trinajstić information content (AvgIpc) is 2.78. The second kappa shape index (κ2) is 12.5. The summed E-state index contributed by atoms with van der Waals surface area (Å²) in [6.07, 6.45) is 2.03. The number of unbranched alkanes of at least 4 members (excludes halogenated alkanes) is 1. The van der Waals surface area contributed by atoms with Crippen molar-refractivity contribution >= 4 is 14.0 Å². The lowest BCUT2D eigenvalue weighted by molar-refractivity contribution is 0.0953. The first kappa shape index (κ1) is 26.5. The molecule has 2 nitrogen and oxygen atoms in total. The summed E-state index contributed by atoms with van der Waals surface area (Å²) in [5.74, 6) is 9.89. The molecule has 0 spiro atoms. The van der Waals surface area contributed by atoms with Crippen LogP contribution in [0.5, 0.6) is 0 Å². The first-order chi connectivity index (χ1) is 15.7. The SMILES string of the molecule is CCCCNC(=O)c1ccccc1C#Cc1cccc(C#C[Si](C(C)C)(C(C)C)C(C)C)c1. The monoisotopic (exact) mass is 457 g/mol. The molecule has 0 atom stereocenters. The van der Waals surface area contributed by atoms with Gasteiger partial charge in [0.25, 0.3) is 5.91 Å². The first-order valence-corrected chi connectivity index (χ1v) is 14.5. The summed E-state index contributed by atoms with van der Waals surface area (Å²) in [4.78, 5) is 12.6. The van der Waals surface area contributed by atoms with Crippen LogP contribution in [0.25, 0.3) is 0 Å². The fourth-order valence-electron chi connectivity index (χ4n) is 4.69. The van der Waals surface area contributed by atoms with Gasteiger partial charge in [-0.2, -0.15) is 0 Å². The lowest BCUT2D eigenvalue weighted by atomic mass is 10.1. The second-order valence-corrected chi connectivity index (χ2v) is 15.2. The molecule has 0 aliphatic heterocycles. The van der Waals surface area contributed by atoms with Gasteiger partial charge in [0.15, 0.2) is 0 Å². The van der Waals surface area contributed by atoms with E-state index >= 15 is 0 Å². The maximum absolute atomic E-state index is 12.6. The van der Waals surface area contributed by atoms with Gasteiger partial charge in [-0.15, -0.1) is 5.54 Å². The van der Waals surface area contributed by atoms with Crippen LogP contribution < -0.4 is 5.32 Å². The quantitative estimate of drug-likeness (QED) is 0.266. The van der Waals surface area contributed by atoms with E-state index in [9.17, 15) is 4.79 Å². The Hall–Kier alpha value is -2.75. The van der Waals surface area contributed by atoms with Gasteiger partial charge in [0.2, 0.25) is 0 Å². The van der Waals surface area contributed by atoms with Crippen LogP contribution in [-0.4, -0.2) is 20.5 Å². The molecule has 2 aromatic rings. The molecule has 0 fully saturated rings. The van der Waals surface area contributed by atoms with E-state index in [0.29, 0.717) is 28.7 Å². The predicted octanol–water partition coefficient (Wildman–Crippen LogP) is 7.19. The van der Waals surface area contributed by atoms with Gasteiger partial charge >= 0.3 is 0 Å². The van der Waals surface area contributed by atoms with Crippen molar-refractivity contribution in [3.8, 4) is 23.3 Å². The Kier molecular flexibility index (Phi) is 10.0. The summed E-state index contributed by atoms with van der Waals surface area (Å²) in [7, 11) is -1.77. The Balaban J connectivity index is 2.33. The van der Waals surface area contributed by atoms with Gasteiger partial charge in [0.1, 0.15) is 8.07 Å². The molecule has 0 aliphatic rings. The third-order valence-electron chi connectivity index (χ3n) is 6.48. The number of rotatable bonds is 7. The molecule has 2 aromatic carbocycles. The molecule has 0 aromatic heterocycles. The zero-order valence-corrected chi connectivity index (χ0v) is 22.4. The summed E-state index contributed by atoms with van der Waals surface area (Å²) in [6, 6.07) is 15.7. The molecule has 2 rings (SSSR count). The highest BCUT2D eigenvalue weighted by Gasteiger charge is 2.41. The van der Waals surface area contributed by atoms with E-state index in [0.717, 1.165) is 29.5 Å². The maximum atomic E-state index is 12.6. The fourth-order valence-corrected chi connectivity index (χ4v) is 9.92. The molecule has 33 heavy (non-hydrogen) atoms. The van der Waals surface area contributed by atoms with Crippen LogP contribution in [0.2, 0.25) is 16.6 Å². The Morgan fingerprint density at radius 3 is 2.06 bits per heavy atom. The van der Waals surface area contributed by atoms with Crippen molar-refractivity contribution in [1.82, 2.24) is 5.32 Å². The first-order valence-electron chi connectivity index (χ1n) is 12.2. The zero-order valence-electron chi connectivity index (χ0n) is 21.4. The van der Waals surface area contributed by atoms with E-state index in [1.807, 2.05) is 36.4 Å². The Morgan fingerprint density at radius 2 is 1.45 bits per heavy atom. The van der Waals surface area contributed by atoms with Gasteiger partial charge in [0.05, 0.1) is 5.56 Å². The molecule has 0 radical (unpaired) electrons. The molecule has 0 aliphatic carbocycles. The van der Waals surface area contributed by atoms with Gasteiger partial charge in [-0.1, -0.05) is 90.8 Å². The van der Waals surface area contributed by atoms with E-state index in [2.05, 4.69) is 89.2 Å². The second-order valence-electron chi connectivity index (χ2n) is 9.63. The molecule has 0 bridgehead atoms. The predicted molar refractivity (Wildman–Crippen MR) is 144 cm³/mol. The normalized spacial score (nSPS) is 11.1. The molecular weight excluding hydrogens is 418 g/mol. The summed E-state index contributed by atoms with van der Waals surface area (Å²) < 4.78 is 0. The minimum atomic E-state index is -1.77. The fraction of sp³-hybridized carbons (Fsp3) is 0.433. The van der Waals surface area contributed by atoms with Crippen LogP contribution >= 0.6 is 0 Å². The number of carbonyl (C=O) groups is 1. The third-order valence-corrected chi connectivity index (χ3v) is 12.8. The van der Waals surface area contributed by atoms with Crippen LogP contribution in [0.15, 0.2) is 48.5 Å². The summed E-state index contributed by atoms with van der Waals surface area (Å²) in [5.41, 5.74) is 8.88. The minimum absolute atomic E-state index is 0.0645. The largest absolute Gasteiger partial charge is 0.352 e. The molecule has 0 saturated heterocycles. The Morgan fingerprint density at radius 1 is 0.848 bits per heavy atom. The van der Waals surface area contributed by atoms with Gasteiger partial charge in [-0.05, 0) is 53.4 Å². The Labute approximate surface area is 202 Å². The summed E-state index contributed by atoms with van der Waals surface area (Å²) in [6.45, 7) is 16.8. The zero-order chi connectivity index (χ0) is 24.4. The highest BCUT2D eigenvalue weighted by atomic mass is 28.3. The minimum Gasteiger partial charge on any atom is -0.352 e. The molecule has 174 valence electrons. The van der Waals surface area contributed by atoms with E-state index in [1.165, 1.54) is 0 Å². The van der Waals surface area contributed by atoms with Crippen molar-refractivity contribution < 1.29 is 4.79 Å². The van der Waals surface area contributed by atoms with Crippen molar-refractivity contribution in [2.75, 3.05) is 6.54 Å². The number of hydrogen-bond donors (Lipinski definition) is 1. The van der Waals surface area contributed by atoms with Crippen LogP contribution in [0, 0.1) is 23.3 Å². The molecule has 3 heteroatoms. The highest BCUT2D eigenvalue weighted by Crippen LogP contribution is 2.40. The van der Waals surface area contributed by atoms with Gasteiger partial charge < -0.3 is 5.32 Å². The lowest BCUT2D eigenvalue weighted by Gasteiger charge is -2.38. The van der Waals surface area contributed by atoms with Gasteiger partial charge in [-0.25, -0.2) is 0 Å². The van der Waals surface area contributed by atoms with Crippen LogP contribution in [0.4, 0.5) is 0 Å². The lowest BCUT2D eigenvalue weighted by Crippen LogP contribution is -2.43. The molecule has 0 saturated carbocycles. The molecule has 1 N–H and O–H groups in total. The topological polar surface area (TPSA) is 29.1 Å². The van der Waals surface area contributed by atoms with E-state index < -0.39 is 8.07 Å². The van der Waals surface area contributed by atoms with Crippen molar-refractivity contribution in [2.45, 2.75) is 77.9 Å². The molecule has 1 amide bonds. The van der Waals surface area contributed by atoms with Crippen molar-refractivity contribution in [1.29, 1.82) is 0 Å². The third kappa shape index (κ3) is 6.86. The number of hydrogen-bond acceptors (Lipinski definition) is 1. The van der Waals surface area contributed by atoms with Crippen LogP contribution in [0.3, 0.4) is 0 Å². The smallest absolute Gasteiger partial charge is 0.252 e. The van der Waals surface area contributed by atoms with E-state index in [-0.39, 0.29) is 5.91 Å². The van der Waals surface area contributed by atoms with E-state index in [4.69, 9.17) is 0 Å². The number of amides is 1. The molecule has 0 unspecified atom stereocenters. The number of carbonyl (C=O) groups excluding carboxylic acids is 1. The molecule has 0 heterocycles. The average molecular weight is 458 g/mol. The number of nitrogens with one attached hydrogen (secondary N) is 1. The summed E-state index contributed by atoms with van der Waals surface area (Å²) >= 11 is 0.